The molecule has 2 aromatic carbocycles. The summed E-state index contributed by atoms with van der Waals surface area (Å²) in [6, 6.07) is 16.6. The van der Waals surface area contributed by atoms with E-state index in [1.807, 2.05) is 40.2 Å². The molecular weight excluding hydrogens is 380 g/mol. The van der Waals surface area contributed by atoms with Crippen LogP contribution in [0.3, 0.4) is 0 Å². The second-order valence-corrected chi connectivity index (χ2v) is 7.18. The lowest BCUT2D eigenvalue weighted by Gasteiger charge is -2.07. The molecule has 132 valence electrons. The Bertz CT molecular complexity index is 1190. The number of fused-ring (bicyclic) bond motifs is 1. The molecule has 0 saturated heterocycles. The zero-order valence-corrected chi connectivity index (χ0v) is 15.6. The van der Waals surface area contributed by atoms with Gasteiger partial charge in [0.05, 0.1) is 17.3 Å². The second kappa shape index (κ2) is 7.23. The van der Waals surface area contributed by atoms with Crippen molar-refractivity contribution in [3.63, 3.8) is 0 Å². The number of nitrogens with zero attached hydrogens (tertiary/aromatic N) is 3. The zero-order valence-electron chi connectivity index (χ0n) is 14.0. The van der Waals surface area contributed by atoms with Gasteiger partial charge >= 0.3 is 0 Å². The largest absolute Gasteiger partial charge is 0.347 e. The number of benzene rings is 2. The molecule has 5 nitrogen and oxygen atoms in total. The van der Waals surface area contributed by atoms with Gasteiger partial charge in [-0.05, 0) is 29.8 Å². The molecule has 0 aliphatic rings. The average Bonchev–Trinajstić information content (AvgIpc) is 3.27. The van der Waals surface area contributed by atoms with Crippen LogP contribution in [0.15, 0.2) is 60.1 Å². The molecule has 0 fully saturated rings. The van der Waals surface area contributed by atoms with E-state index in [0.717, 1.165) is 16.1 Å². The Balaban J connectivity index is 1.70. The average molecular weight is 393 g/mol. The fraction of sp³-hybridized carbons (Fsp3) is 0.0500. The van der Waals surface area contributed by atoms with Crippen molar-refractivity contribution < 1.29 is 4.79 Å². The van der Waals surface area contributed by atoms with E-state index in [-0.39, 0.29) is 5.91 Å². The Morgan fingerprint density at radius 1 is 1.26 bits per heavy atom. The van der Waals surface area contributed by atoms with Crippen LogP contribution < -0.4 is 5.32 Å². The van der Waals surface area contributed by atoms with Crippen LogP contribution in [-0.4, -0.2) is 15.3 Å². The molecule has 1 N–H and O–H groups in total. The number of carbonyl (C=O) groups excluding carboxylic acids is 1. The summed E-state index contributed by atoms with van der Waals surface area (Å²) in [5.74, 6) is -0.275. The Morgan fingerprint density at radius 3 is 2.93 bits per heavy atom. The van der Waals surface area contributed by atoms with E-state index in [2.05, 4.69) is 16.4 Å². The van der Waals surface area contributed by atoms with Gasteiger partial charge in [-0.1, -0.05) is 35.9 Å². The van der Waals surface area contributed by atoms with Crippen LogP contribution in [0.5, 0.6) is 0 Å². The lowest BCUT2D eigenvalue weighted by Crippen LogP contribution is -2.23. The van der Waals surface area contributed by atoms with Gasteiger partial charge in [-0.3, -0.25) is 9.20 Å². The summed E-state index contributed by atoms with van der Waals surface area (Å²) in [7, 11) is 0. The maximum Gasteiger partial charge on any atom is 0.272 e. The first-order valence-electron chi connectivity index (χ1n) is 8.14. The van der Waals surface area contributed by atoms with Crippen LogP contribution in [0.25, 0.3) is 16.2 Å². The van der Waals surface area contributed by atoms with Crippen molar-refractivity contribution in [1.82, 2.24) is 14.7 Å². The van der Waals surface area contributed by atoms with Crippen LogP contribution in [0, 0.1) is 11.3 Å². The molecule has 7 heteroatoms. The fourth-order valence-electron chi connectivity index (χ4n) is 2.87. The molecular formula is C20H13ClN4OS. The first kappa shape index (κ1) is 17.3. The van der Waals surface area contributed by atoms with E-state index in [0.29, 0.717) is 28.5 Å². The summed E-state index contributed by atoms with van der Waals surface area (Å²) < 4.78 is 1.87. The fourth-order valence-corrected chi connectivity index (χ4v) is 3.80. The number of imidazole rings is 1. The summed E-state index contributed by atoms with van der Waals surface area (Å²) >= 11 is 7.45. The van der Waals surface area contributed by atoms with Gasteiger partial charge in [-0.15, -0.1) is 11.3 Å². The number of amides is 1. The van der Waals surface area contributed by atoms with Gasteiger partial charge in [0.1, 0.15) is 0 Å². The number of rotatable bonds is 4. The Hall–Kier alpha value is -3.14. The molecule has 0 radical (unpaired) electrons. The van der Waals surface area contributed by atoms with Gasteiger partial charge in [0.15, 0.2) is 10.7 Å². The van der Waals surface area contributed by atoms with E-state index in [4.69, 9.17) is 11.6 Å². The van der Waals surface area contributed by atoms with Crippen molar-refractivity contribution in [2.45, 2.75) is 6.54 Å². The van der Waals surface area contributed by atoms with Crippen molar-refractivity contribution in [3.8, 4) is 17.3 Å². The third-order valence-corrected chi connectivity index (χ3v) is 5.08. The van der Waals surface area contributed by atoms with Gasteiger partial charge in [0.25, 0.3) is 5.91 Å². The number of nitrogens with one attached hydrogen (secondary N) is 1. The molecule has 0 aliphatic heterocycles. The van der Waals surface area contributed by atoms with Crippen LogP contribution in [0.1, 0.15) is 21.6 Å². The maximum absolute atomic E-state index is 12.8. The first-order chi connectivity index (χ1) is 13.2. The number of hydrogen-bond donors (Lipinski definition) is 1. The Morgan fingerprint density at radius 2 is 2.11 bits per heavy atom. The Kier molecular flexibility index (Phi) is 4.63. The molecule has 2 aromatic heterocycles. The zero-order chi connectivity index (χ0) is 18.8. The molecule has 1 amide bonds. The molecule has 0 bridgehead atoms. The van der Waals surface area contributed by atoms with Gasteiger partial charge in [-0.2, -0.15) is 5.26 Å². The number of hydrogen-bond acceptors (Lipinski definition) is 4. The minimum atomic E-state index is -0.275. The van der Waals surface area contributed by atoms with Crippen molar-refractivity contribution in [2.75, 3.05) is 0 Å². The molecule has 27 heavy (non-hydrogen) atoms. The van der Waals surface area contributed by atoms with Crippen molar-refractivity contribution in [2.24, 2.45) is 0 Å². The molecule has 4 rings (SSSR count). The van der Waals surface area contributed by atoms with Gasteiger partial charge in [0, 0.05) is 28.7 Å². The molecule has 0 atom stereocenters. The quantitative estimate of drug-likeness (QED) is 0.555. The van der Waals surface area contributed by atoms with Gasteiger partial charge in [-0.25, -0.2) is 4.98 Å². The highest BCUT2D eigenvalue weighted by atomic mass is 35.5. The number of carbonyl (C=O) groups is 1. The third kappa shape index (κ3) is 3.43. The molecule has 2 heterocycles. The second-order valence-electron chi connectivity index (χ2n) is 5.87. The summed E-state index contributed by atoms with van der Waals surface area (Å²) in [5.41, 5.74) is 3.21. The summed E-state index contributed by atoms with van der Waals surface area (Å²) in [6.07, 6.45) is 1.87. The molecule has 4 aromatic rings. The minimum Gasteiger partial charge on any atom is -0.347 e. The van der Waals surface area contributed by atoms with E-state index in [9.17, 15) is 10.1 Å². The standard InChI is InChI=1S/C20H13ClN4OS/c21-16-6-2-4-14(10-16)12-23-19(26)17-18(25-7-8-27-20(25)24-17)15-5-1-3-13(9-15)11-22/h1-10H,12H2,(H,23,26). The molecule has 0 aliphatic carbocycles. The highest BCUT2D eigenvalue weighted by Gasteiger charge is 2.21. The number of aromatic nitrogens is 2. The number of nitriles is 1. The maximum atomic E-state index is 12.8. The molecule has 0 unspecified atom stereocenters. The van der Waals surface area contributed by atoms with Crippen molar-refractivity contribution >= 4 is 33.8 Å². The van der Waals surface area contributed by atoms with Crippen LogP contribution in [0.2, 0.25) is 5.02 Å². The summed E-state index contributed by atoms with van der Waals surface area (Å²) in [6.45, 7) is 0.349. The number of thiazole rings is 1. The van der Waals surface area contributed by atoms with Crippen LogP contribution in [0.4, 0.5) is 0 Å². The monoisotopic (exact) mass is 392 g/mol. The lowest BCUT2D eigenvalue weighted by molar-refractivity contribution is 0.0947. The van der Waals surface area contributed by atoms with E-state index in [1.54, 1.807) is 24.3 Å². The third-order valence-electron chi connectivity index (χ3n) is 4.08. The summed E-state index contributed by atoms with van der Waals surface area (Å²) in [4.78, 5) is 18.1. The van der Waals surface area contributed by atoms with Gasteiger partial charge in [0.2, 0.25) is 0 Å². The normalized spacial score (nSPS) is 10.7. The molecule has 0 spiro atoms. The highest BCUT2D eigenvalue weighted by Crippen LogP contribution is 2.28. The van der Waals surface area contributed by atoms with Crippen LogP contribution in [-0.2, 0) is 6.54 Å². The first-order valence-corrected chi connectivity index (χ1v) is 9.40. The Labute approximate surface area is 164 Å². The van der Waals surface area contributed by atoms with Crippen molar-refractivity contribution in [3.05, 3.63) is 82.0 Å². The number of halogens is 1. The predicted octanol–water partition coefficient (Wildman–Crippen LogP) is 4.52. The lowest BCUT2D eigenvalue weighted by atomic mass is 10.1. The summed E-state index contributed by atoms with van der Waals surface area (Å²) in [5, 5.41) is 14.6. The highest BCUT2D eigenvalue weighted by molar-refractivity contribution is 7.15. The van der Waals surface area contributed by atoms with Gasteiger partial charge < -0.3 is 5.32 Å². The minimum absolute atomic E-state index is 0.275. The van der Waals surface area contributed by atoms with Crippen molar-refractivity contribution in [1.29, 1.82) is 5.26 Å². The van der Waals surface area contributed by atoms with E-state index >= 15 is 0 Å². The van der Waals surface area contributed by atoms with E-state index < -0.39 is 0 Å². The molecule has 0 saturated carbocycles. The van der Waals surface area contributed by atoms with E-state index in [1.165, 1.54) is 11.3 Å². The predicted molar refractivity (Wildman–Crippen MR) is 106 cm³/mol. The SMILES string of the molecule is N#Cc1cccc(-c2c(C(=O)NCc3cccc(Cl)c3)nc3sccn23)c1. The smallest absolute Gasteiger partial charge is 0.272 e. The topological polar surface area (TPSA) is 70.2 Å². The van der Waals surface area contributed by atoms with Crippen LogP contribution >= 0.6 is 22.9 Å².